The van der Waals surface area contributed by atoms with Crippen molar-refractivity contribution >= 4 is 22.9 Å². The molecule has 1 aromatic rings. The highest BCUT2D eigenvalue weighted by atomic mass is 32.2. The summed E-state index contributed by atoms with van der Waals surface area (Å²) in [4.78, 5) is 39.8. The molecule has 7 heteroatoms. The number of imide groups is 1. The maximum Gasteiger partial charge on any atom is 0.286 e. The highest BCUT2D eigenvalue weighted by Crippen LogP contribution is 2.11. The van der Waals surface area contributed by atoms with Crippen molar-refractivity contribution in [2.45, 2.75) is 0 Å². The Labute approximate surface area is 81.6 Å². The van der Waals surface area contributed by atoms with Crippen LogP contribution in [-0.2, 0) is 4.79 Å². The molecule has 72 valence electrons. The summed E-state index contributed by atoms with van der Waals surface area (Å²) in [7, 11) is 0. The van der Waals surface area contributed by atoms with Crippen LogP contribution in [0.5, 0.6) is 5.75 Å². The Morgan fingerprint density at radius 2 is 1.93 bits per heavy atom. The van der Waals surface area contributed by atoms with Gasteiger partial charge in [-0.2, -0.15) is 0 Å². The third kappa shape index (κ3) is 2.43. The van der Waals surface area contributed by atoms with E-state index in [0.717, 1.165) is 11.8 Å². The molecule has 0 saturated carbocycles. The average Bonchev–Trinajstić information content (AvgIpc) is 2.51. The Hall–Kier alpha value is -1.63. The summed E-state index contributed by atoms with van der Waals surface area (Å²) in [6.45, 7) is 0. The molecular formula is C7H3NO5S. The predicted octanol–water partition coefficient (Wildman–Crippen LogP) is -1.08. The van der Waals surface area contributed by atoms with Crippen LogP contribution in [0.4, 0.5) is 4.79 Å². The van der Waals surface area contributed by atoms with Gasteiger partial charge >= 0.3 is 0 Å². The lowest BCUT2D eigenvalue weighted by Crippen LogP contribution is -2.28. The van der Waals surface area contributed by atoms with Crippen molar-refractivity contribution in [2.24, 2.45) is 0 Å². The van der Waals surface area contributed by atoms with Gasteiger partial charge in [-0.3, -0.25) is 24.5 Å². The zero-order valence-corrected chi connectivity index (χ0v) is 7.38. The number of aromatic hydroxyl groups is 1. The second-order valence-corrected chi connectivity index (χ2v) is 2.99. The second-order valence-electron chi connectivity index (χ2n) is 2.14. The fraction of sp³-hybridized carbons (Fsp3) is 0. The molecule has 14 heavy (non-hydrogen) atoms. The SMILES string of the molecule is O=C1[CH]SC(=O)N1.O=c1[c]c(O)c1=O. The van der Waals surface area contributed by atoms with E-state index in [2.05, 4.69) is 0 Å². The quantitative estimate of drug-likeness (QED) is 0.531. The summed E-state index contributed by atoms with van der Waals surface area (Å²) in [6, 6.07) is 1.84. The van der Waals surface area contributed by atoms with E-state index >= 15 is 0 Å². The molecule has 2 amide bonds. The maximum absolute atomic E-state index is 10.1. The highest BCUT2D eigenvalue weighted by molar-refractivity contribution is 8.16. The van der Waals surface area contributed by atoms with Gasteiger partial charge in [-0.1, -0.05) is 0 Å². The first kappa shape index (κ1) is 10.5. The van der Waals surface area contributed by atoms with Gasteiger partial charge in [0.15, 0.2) is 5.75 Å². The largest absolute Gasteiger partial charge is 0.503 e. The third-order valence-electron chi connectivity index (χ3n) is 1.15. The van der Waals surface area contributed by atoms with Gasteiger partial charge in [0.1, 0.15) is 5.75 Å². The summed E-state index contributed by atoms with van der Waals surface area (Å²) in [5.41, 5.74) is -1.57. The lowest BCUT2D eigenvalue weighted by atomic mass is 10.3. The predicted molar refractivity (Wildman–Crippen MR) is 47.3 cm³/mol. The Morgan fingerprint density at radius 3 is 2.00 bits per heavy atom. The second kappa shape index (κ2) is 4.05. The van der Waals surface area contributed by atoms with Crippen LogP contribution in [0.1, 0.15) is 0 Å². The van der Waals surface area contributed by atoms with Crippen LogP contribution in [-0.4, -0.2) is 16.3 Å². The van der Waals surface area contributed by atoms with Gasteiger partial charge in [0.25, 0.3) is 10.7 Å². The van der Waals surface area contributed by atoms with Crippen molar-refractivity contribution < 1.29 is 14.7 Å². The summed E-state index contributed by atoms with van der Waals surface area (Å²) in [6.07, 6.45) is 0. The summed E-state index contributed by atoms with van der Waals surface area (Å²) < 4.78 is 0. The molecule has 0 unspecified atom stereocenters. The van der Waals surface area contributed by atoms with Crippen LogP contribution >= 0.6 is 11.8 Å². The minimum atomic E-state index is -0.833. The Balaban J connectivity index is 0.000000140. The van der Waals surface area contributed by atoms with E-state index in [-0.39, 0.29) is 11.1 Å². The van der Waals surface area contributed by atoms with Crippen molar-refractivity contribution in [1.82, 2.24) is 5.32 Å². The van der Waals surface area contributed by atoms with E-state index in [4.69, 9.17) is 5.11 Å². The Morgan fingerprint density at radius 1 is 1.29 bits per heavy atom. The van der Waals surface area contributed by atoms with Gasteiger partial charge < -0.3 is 5.11 Å². The topological polar surface area (TPSA) is 101 Å². The van der Waals surface area contributed by atoms with Gasteiger partial charge in [0.05, 0.1) is 6.07 Å². The van der Waals surface area contributed by atoms with Crippen molar-refractivity contribution in [1.29, 1.82) is 0 Å². The van der Waals surface area contributed by atoms with Crippen LogP contribution < -0.4 is 16.2 Å². The molecule has 0 spiro atoms. The fourth-order valence-electron chi connectivity index (χ4n) is 0.533. The number of hydrogen-bond donors (Lipinski definition) is 2. The first-order valence-corrected chi connectivity index (χ1v) is 4.15. The highest BCUT2D eigenvalue weighted by Gasteiger charge is 2.17. The molecule has 6 nitrogen and oxygen atoms in total. The van der Waals surface area contributed by atoms with Crippen LogP contribution in [0.2, 0.25) is 0 Å². The van der Waals surface area contributed by atoms with Gasteiger partial charge in [-0.05, 0) is 11.8 Å². The lowest BCUT2D eigenvalue weighted by molar-refractivity contribution is -0.115. The van der Waals surface area contributed by atoms with E-state index in [1.165, 1.54) is 5.75 Å². The van der Waals surface area contributed by atoms with Crippen LogP contribution in [0.15, 0.2) is 9.59 Å². The molecule has 1 aliphatic rings. The molecule has 0 aliphatic carbocycles. The average molecular weight is 213 g/mol. The number of amides is 2. The maximum atomic E-state index is 10.1. The van der Waals surface area contributed by atoms with E-state index in [9.17, 15) is 19.2 Å². The zero-order chi connectivity index (χ0) is 10.7. The zero-order valence-electron chi connectivity index (χ0n) is 6.57. The summed E-state index contributed by atoms with van der Waals surface area (Å²) in [5, 5.41) is 9.88. The molecule has 2 N–H and O–H groups in total. The summed E-state index contributed by atoms with van der Waals surface area (Å²) in [5.74, 6) is 0.377. The first-order valence-electron chi connectivity index (χ1n) is 3.27. The molecule has 0 bridgehead atoms. The number of hydrogen-bond acceptors (Lipinski definition) is 6. The number of nitrogens with one attached hydrogen (secondary N) is 1. The molecule has 1 heterocycles. The standard InChI is InChI=1S/C4HO3.C3H2NO2S/c5-2-1-3(6)4(2)7;5-2-1-7-3(6)4-2/h5H;1H,(H,4,5,6). The minimum absolute atomic E-state index is 0.287. The van der Waals surface area contributed by atoms with E-state index in [1.54, 1.807) is 0 Å². The summed E-state index contributed by atoms with van der Waals surface area (Å²) >= 11 is 0.881. The molecule has 1 aromatic carbocycles. The van der Waals surface area contributed by atoms with Crippen molar-refractivity contribution in [2.75, 3.05) is 0 Å². The van der Waals surface area contributed by atoms with Gasteiger partial charge in [-0.15, -0.1) is 0 Å². The van der Waals surface area contributed by atoms with Crippen LogP contribution in [0.3, 0.4) is 0 Å². The molecule has 1 saturated heterocycles. The molecule has 0 aromatic heterocycles. The molecule has 1 aliphatic heterocycles. The minimum Gasteiger partial charge on any atom is -0.503 e. The first-order chi connectivity index (χ1) is 6.50. The Kier molecular flexibility index (Phi) is 3.03. The van der Waals surface area contributed by atoms with Gasteiger partial charge in [-0.25, -0.2) is 0 Å². The van der Waals surface area contributed by atoms with Crippen LogP contribution in [0, 0.1) is 11.8 Å². The fourth-order valence-corrected chi connectivity index (χ4v) is 0.965. The van der Waals surface area contributed by atoms with E-state index in [0.29, 0.717) is 0 Å². The third-order valence-corrected chi connectivity index (χ3v) is 1.80. The number of rotatable bonds is 0. The van der Waals surface area contributed by atoms with Crippen molar-refractivity contribution in [3.8, 4) is 5.75 Å². The molecule has 0 atom stereocenters. The number of thioether (sulfide) groups is 1. The molecule has 2 rings (SSSR count). The van der Waals surface area contributed by atoms with E-state index in [1.807, 2.05) is 11.4 Å². The van der Waals surface area contributed by atoms with Gasteiger partial charge in [0, 0.05) is 0 Å². The Bertz CT molecular complexity index is 431. The molecular weight excluding hydrogens is 210 g/mol. The van der Waals surface area contributed by atoms with Crippen molar-refractivity contribution in [3.63, 3.8) is 0 Å². The van der Waals surface area contributed by atoms with E-state index < -0.39 is 16.6 Å². The monoisotopic (exact) mass is 213 g/mol. The van der Waals surface area contributed by atoms with Crippen LogP contribution in [0.25, 0.3) is 0 Å². The smallest absolute Gasteiger partial charge is 0.286 e. The van der Waals surface area contributed by atoms with Crippen molar-refractivity contribution in [3.05, 3.63) is 32.3 Å². The molecule has 1 fully saturated rings. The van der Waals surface area contributed by atoms with Gasteiger partial charge in [0.2, 0.25) is 11.3 Å². The normalized spacial score (nSPS) is 14.9. The lowest BCUT2D eigenvalue weighted by Gasteiger charge is -1.82. The number of carbonyl (C=O) groups excluding carboxylic acids is 2. The molecule has 2 radical (unpaired) electrons. The number of carbonyl (C=O) groups is 2.